The van der Waals surface area contributed by atoms with Gasteiger partial charge in [0.05, 0.1) is 12.7 Å². The van der Waals surface area contributed by atoms with Crippen molar-refractivity contribution in [1.82, 2.24) is 0 Å². The van der Waals surface area contributed by atoms with Crippen LogP contribution in [0.1, 0.15) is 15.9 Å². The summed E-state index contributed by atoms with van der Waals surface area (Å²) < 4.78 is 4.60. The van der Waals surface area contributed by atoms with Gasteiger partial charge in [0.25, 0.3) is 5.91 Å². The van der Waals surface area contributed by atoms with Crippen LogP contribution in [0.5, 0.6) is 0 Å². The molecule has 2 aromatic rings. The molecule has 1 amide bonds. The zero-order chi connectivity index (χ0) is 18.4. The minimum Gasteiger partial charge on any atom is -0.465 e. The number of rotatable bonds is 4. The van der Waals surface area contributed by atoms with Crippen LogP contribution in [-0.2, 0) is 9.53 Å². The van der Waals surface area contributed by atoms with Gasteiger partial charge in [0.1, 0.15) is 11.6 Å². The highest BCUT2D eigenvalue weighted by Crippen LogP contribution is 2.23. The van der Waals surface area contributed by atoms with Gasteiger partial charge in [-0.2, -0.15) is 5.26 Å². The molecule has 0 unspecified atom stereocenters. The molecular weight excluding hydrogens is 363 g/mol. The van der Waals surface area contributed by atoms with Gasteiger partial charge in [-0.05, 0) is 48.0 Å². The van der Waals surface area contributed by atoms with Crippen LogP contribution in [0.2, 0.25) is 10.0 Å². The van der Waals surface area contributed by atoms with E-state index in [1.807, 2.05) is 6.07 Å². The van der Waals surface area contributed by atoms with Gasteiger partial charge in [0, 0.05) is 15.7 Å². The fourth-order valence-electron chi connectivity index (χ4n) is 1.93. The van der Waals surface area contributed by atoms with Crippen molar-refractivity contribution in [3.8, 4) is 6.07 Å². The van der Waals surface area contributed by atoms with E-state index >= 15 is 0 Å². The number of anilines is 1. The average Bonchev–Trinajstić information content (AvgIpc) is 2.61. The molecule has 1 N–H and O–H groups in total. The minimum absolute atomic E-state index is 0.124. The standard InChI is InChI=1S/C18H12Cl2N2O3/c1-25-18(24)11-3-6-15(7-4-11)22-17(23)13(10-21)8-12-2-5-14(19)9-16(12)20/h2-9H,1H3,(H,22,23)/b13-8+. The highest BCUT2D eigenvalue weighted by molar-refractivity contribution is 6.35. The lowest BCUT2D eigenvalue weighted by atomic mass is 10.1. The molecule has 0 radical (unpaired) electrons. The summed E-state index contributed by atoms with van der Waals surface area (Å²) in [5.41, 5.74) is 1.16. The van der Waals surface area contributed by atoms with Crippen molar-refractivity contribution in [1.29, 1.82) is 5.26 Å². The summed E-state index contributed by atoms with van der Waals surface area (Å²) in [6, 6.07) is 12.7. The molecule has 25 heavy (non-hydrogen) atoms. The number of esters is 1. The van der Waals surface area contributed by atoms with Gasteiger partial charge in [-0.3, -0.25) is 4.79 Å². The molecule has 0 saturated carbocycles. The number of halogens is 2. The fraction of sp³-hybridized carbons (Fsp3) is 0.0556. The normalized spacial score (nSPS) is 10.7. The van der Waals surface area contributed by atoms with Crippen molar-refractivity contribution in [2.75, 3.05) is 12.4 Å². The van der Waals surface area contributed by atoms with Gasteiger partial charge in [-0.1, -0.05) is 29.3 Å². The van der Waals surface area contributed by atoms with Gasteiger partial charge in [0.2, 0.25) is 0 Å². The second-order valence-corrected chi connectivity index (χ2v) is 5.70. The Labute approximate surface area is 154 Å². The maximum atomic E-state index is 12.2. The molecule has 0 aliphatic rings. The second-order valence-electron chi connectivity index (χ2n) is 4.86. The molecule has 126 valence electrons. The molecule has 0 bridgehead atoms. The summed E-state index contributed by atoms with van der Waals surface area (Å²) in [6.07, 6.45) is 1.37. The summed E-state index contributed by atoms with van der Waals surface area (Å²) in [5, 5.41) is 12.6. The van der Waals surface area contributed by atoms with Crippen LogP contribution in [0.15, 0.2) is 48.0 Å². The molecule has 2 aromatic carbocycles. The van der Waals surface area contributed by atoms with E-state index in [0.717, 1.165) is 0 Å². The maximum Gasteiger partial charge on any atom is 0.337 e. The highest BCUT2D eigenvalue weighted by atomic mass is 35.5. The van der Waals surface area contributed by atoms with E-state index in [-0.39, 0.29) is 5.57 Å². The highest BCUT2D eigenvalue weighted by Gasteiger charge is 2.12. The first kappa shape index (κ1) is 18.5. The van der Waals surface area contributed by atoms with E-state index in [9.17, 15) is 14.9 Å². The molecule has 0 atom stereocenters. The van der Waals surface area contributed by atoms with Crippen LogP contribution in [0.25, 0.3) is 6.08 Å². The van der Waals surface area contributed by atoms with Crippen molar-refractivity contribution in [3.05, 3.63) is 69.2 Å². The first-order valence-corrected chi connectivity index (χ1v) is 7.76. The summed E-state index contributed by atoms with van der Waals surface area (Å²) in [5.74, 6) is -1.08. The van der Waals surface area contributed by atoms with Crippen molar-refractivity contribution >= 4 is 46.8 Å². The van der Waals surface area contributed by atoms with Crippen LogP contribution in [0.3, 0.4) is 0 Å². The Bertz CT molecular complexity index is 884. The SMILES string of the molecule is COC(=O)c1ccc(NC(=O)/C(C#N)=C/c2ccc(Cl)cc2Cl)cc1. The third-order valence-corrected chi connectivity index (χ3v) is 3.75. The number of hydrogen-bond donors (Lipinski definition) is 1. The van der Waals surface area contributed by atoms with Gasteiger partial charge in [-0.25, -0.2) is 4.79 Å². The van der Waals surface area contributed by atoms with E-state index in [4.69, 9.17) is 23.2 Å². The van der Waals surface area contributed by atoms with Gasteiger partial charge in [-0.15, -0.1) is 0 Å². The Balaban J connectivity index is 2.19. The molecule has 0 saturated heterocycles. The number of ether oxygens (including phenoxy) is 1. The largest absolute Gasteiger partial charge is 0.465 e. The van der Waals surface area contributed by atoms with Crippen LogP contribution < -0.4 is 5.32 Å². The molecule has 0 aliphatic carbocycles. The van der Waals surface area contributed by atoms with Gasteiger partial charge < -0.3 is 10.1 Å². The van der Waals surface area contributed by atoms with Crippen LogP contribution in [-0.4, -0.2) is 19.0 Å². The Morgan fingerprint density at radius 2 is 1.84 bits per heavy atom. The molecule has 7 heteroatoms. The molecule has 2 rings (SSSR count). The van der Waals surface area contributed by atoms with Crippen molar-refractivity contribution in [3.63, 3.8) is 0 Å². The van der Waals surface area contributed by atoms with Gasteiger partial charge in [0.15, 0.2) is 0 Å². The molecular formula is C18H12Cl2N2O3. The van der Waals surface area contributed by atoms with E-state index in [0.29, 0.717) is 26.9 Å². The maximum absolute atomic E-state index is 12.2. The Hall–Kier alpha value is -2.81. The molecule has 0 aromatic heterocycles. The second kappa shape index (κ2) is 8.34. The zero-order valence-electron chi connectivity index (χ0n) is 13.0. The predicted molar refractivity (Wildman–Crippen MR) is 96.5 cm³/mol. The summed E-state index contributed by atoms with van der Waals surface area (Å²) in [7, 11) is 1.28. The van der Waals surface area contributed by atoms with Crippen molar-refractivity contribution < 1.29 is 14.3 Å². The van der Waals surface area contributed by atoms with Crippen LogP contribution in [0.4, 0.5) is 5.69 Å². The number of carbonyl (C=O) groups excluding carboxylic acids is 2. The number of benzene rings is 2. The van der Waals surface area contributed by atoms with Gasteiger partial charge >= 0.3 is 5.97 Å². The summed E-state index contributed by atoms with van der Waals surface area (Å²) >= 11 is 11.9. The molecule has 5 nitrogen and oxygen atoms in total. The Morgan fingerprint density at radius 1 is 1.16 bits per heavy atom. The smallest absolute Gasteiger partial charge is 0.337 e. The van der Waals surface area contributed by atoms with Crippen molar-refractivity contribution in [2.45, 2.75) is 0 Å². The van der Waals surface area contributed by atoms with E-state index in [2.05, 4.69) is 10.1 Å². The van der Waals surface area contributed by atoms with E-state index < -0.39 is 11.9 Å². The first-order valence-electron chi connectivity index (χ1n) is 7.01. The van der Waals surface area contributed by atoms with Crippen LogP contribution in [0, 0.1) is 11.3 Å². The number of nitrogens with zero attached hydrogens (tertiary/aromatic N) is 1. The predicted octanol–water partition coefficient (Wildman–Crippen LogP) is 4.33. The fourth-order valence-corrected chi connectivity index (χ4v) is 2.39. The number of nitriles is 1. The first-order chi connectivity index (χ1) is 11.9. The Morgan fingerprint density at radius 3 is 2.40 bits per heavy atom. The number of amides is 1. The topological polar surface area (TPSA) is 79.2 Å². The number of methoxy groups -OCH3 is 1. The van der Waals surface area contributed by atoms with E-state index in [1.54, 1.807) is 12.1 Å². The minimum atomic E-state index is -0.598. The van der Waals surface area contributed by atoms with E-state index in [1.165, 1.54) is 43.5 Å². The third-order valence-electron chi connectivity index (χ3n) is 3.19. The van der Waals surface area contributed by atoms with Crippen LogP contribution >= 0.6 is 23.2 Å². The summed E-state index contributed by atoms with van der Waals surface area (Å²) in [6.45, 7) is 0. The monoisotopic (exact) mass is 374 g/mol. The number of nitrogens with one attached hydrogen (secondary N) is 1. The van der Waals surface area contributed by atoms with Crippen molar-refractivity contribution in [2.24, 2.45) is 0 Å². The zero-order valence-corrected chi connectivity index (χ0v) is 14.6. The molecule has 0 heterocycles. The lowest BCUT2D eigenvalue weighted by Gasteiger charge is -2.06. The summed E-state index contributed by atoms with van der Waals surface area (Å²) in [4.78, 5) is 23.6. The molecule has 0 spiro atoms. The molecule has 0 aliphatic heterocycles. The molecule has 0 fully saturated rings. The quantitative estimate of drug-likeness (QED) is 0.490. The lowest BCUT2D eigenvalue weighted by molar-refractivity contribution is -0.112. The Kier molecular flexibility index (Phi) is 6.18. The third kappa shape index (κ3) is 4.83. The number of carbonyl (C=O) groups is 2. The average molecular weight is 375 g/mol. The number of hydrogen-bond acceptors (Lipinski definition) is 4. The lowest BCUT2D eigenvalue weighted by Crippen LogP contribution is -2.13.